The van der Waals surface area contributed by atoms with Crippen LogP contribution in [0.4, 0.5) is 0 Å². The van der Waals surface area contributed by atoms with Gasteiger partial charge in [-0.2, -0.15) is 0 Å². The van der Waals surface area contributed by atoms with E-state index in [1.165, 1.54) is 0 Å². The summed E-state index contributed by atoms with van der Waals surface area (Å²) < 4.78 is 22.5. The number of fused-ring (bicyclic) bond motifs is 1. The molecule has 2 saturated heterocycles. The van der Waals surface area contributed by atoms with Gasteiger partial charge >= 0.3 is 0 Å². The van der Waals surface area contributed by atoms with Crippen LogP contribution in [-0.4, -0.2) is 50.8 Å². The fraction of sp³-hybridized carbons (Fsp3) is 0.667. The maximum Gasteiger partial charge on any atom is 0.115 e. The third-order valence-corrected chi connectivity index (χ3v) is 2.82. The van der Waals surface area contributed by atoms with Crippen molar-refractivity contribution in [1.82, 2.24) is 0 Å². The quantitative estimate of drug-likeness (QED) is 0.631. The summed E-state index contributed by atoms with van der Waals surface area (Å²) in [4.78, 5) is 0. The maximum atomic E-state index is 5.65. The van der Waals surface area contributed by atoms with Crippen LogP contribution in [0.1, 0.15) is 0 Å². The van der Waals surface area contributed by atoms with Gasteiger partial charge in [-0.15, -0.1) is 13.2 Å². The molecule has 0 amide bonds. The van der Waals surface area contributed by atoms with Crippen molar-refractivity contribution in [2.24, 2.45) is 0 Å². The van der Waals surface area contributed by atoms with E-state index in [4.69, 9.17) is 18.9 Å². The molecular formula is C12H18O4. The average molecular weight is 226 g/mol. The van der Waals surface area contributed by atoms with E-state index in [0.717, 1.165) is 0 Å². The molecule has 0 N–H and O–H groups in total. The topological polar surface area (TPSA) is 36.9 Å². The molecule has 2 rings (SSSR count). The smallest absolute Gasteiger partial charge is 0.115 e. The van der Waals surface area contributed by atoms with Gasteiger partial charge in [0.2, 0.25) is 0 Å². The molecular weight excluding hydrogens is 208 g/mol. The summed E-state index contributed by atoms with van der Waals surface area (Å²) >= 11 is 0. The molecule has 0 bridgehead atoms. The minimum Gasteiger partial charge on any atom is -0.370 e. The second-order valence-corrected chi connectivity index (χ2v) is 3.92. The van der Waals surface area contributed by atoms with Crippen molar-refractivity contribution in [3.8, 4) is 0 Å². The first kappa shape index (κ1) is 11.8. The summed E-state index contributed by atoms with van der Waals surface area (Å²) in [5.74, 6) is 0. The van der Waals surface area contributed by atoms with E-state index in [2.05, 4.69) is 13.2 Å². The highest BCUT2D eigenvalue weighted by Crippen LogP contribution is 2.30. The Morgan fingerprint density at radius 2 is 1.38 bits per heavy atom. The predicted octanol–water partition coefficient (Wildman–Crippen LogP) is 0.926. The van der Waals surface area contributed by atoms with Crippen LogP contribution in [0.25, 0.3) is 0 Å². The van der Waals surface area contributed by atoms with Crippen LogP contribution in [0.15, 0.2) is 25.3 Å². The Morgan fingerprint density at radius 1 is 0.938 bits per heavy atom. The van der Waals surface area contributed by atoms with Gasteiger partial charge in [0, 0.05) is 0 Å². The van der Waals surface area contributed by atoms with Gasteiger partial charge in [-0.3, -0.25) is 0 Å². The molecule has 16 heavy (non-hydrogen) atoms. The highest BCUT2D eigenvalue weighted by atomic mass is 16.6. The highest BCUT2D eigenvalue weighted by Gasteiger charge is 2.48. The summed E-state index contributed by atoms with van der Waals surface area (Å²) in [6, 6.07) is 0. The summed E-state index contributed by atoms with van der Waals surface area (Å²) in [6.07, 6.45) is 3.45. The molecule has 4 atom stereocenters. The van der Waals surface area contributed by atoms with Gasteiger partial charge in [0.05, 0.1) is 26.4 Å². The van der Waals surface area contributed by atoms with Gasteiger partial charge in [-0.25, -0.2) is 0 Å². The van der Waals surface area contributed by atoms with Crippen LogP contribution in [0.2, 0.25) is 0 Å². The second-order valence-electron chi connectivity index (χ2n) is 3.92. The SMILES string of the molecule is C=CCOC1COC2C(OCC=C)COC12. The summed E-state index contributed by atoms with van der Waals surface area (Å²) in [5, 5.41) is 0. The van der Waals surface area contributed by atoms with Crippen LogP contribution in [0.3, 0.4) is 0 Å². The van der Waals surface area contributed by atoms with E-state index in [1.807, 2.05) is 0 Å². The Balaban J connectivity index is 1.85. The lowest BCUT2D eigenvalue weighted by molar-refractivity contribution is -0.0402. The van der Waals surface area contributed by atoms with E-state index in [0.29, 0.717) is 26.4 Å². The summed E-state index contributed by atoms with van der Waals surface area (Å²) in [7, 11) is 0. The molecule has 2 heterocycles. The van der Waals surface area contributed by atoms with Gasteiger partial charge in [0.1, 0.15) is 24.4 Å². The summed E-state index contributed by atoms with van der Waals surface area (Å²) in [6.45, 7) is 9.43. The molecule has 4 unspecified atom stereocenters. The zero-order chi connectivity index (χ0) is 11.4. The molecule has 4 nitrogen and oxygen atoms in total. The Morgan fingerprint density at radius 3 is 1.75 bits per heavy atom. The van der Waals surface area contributed by atoms with Gasteiger partial charge < -0.3 is 18.9 Å². The lowest BCUT2D eigenvalue weighted by Crippen LogP contribution is -2.34. The van der Waals surface area contributed by atoms with E-state index < -0.39 is 0 Å². The van der Waals surface area contributed by atoms with Crippen LogP contribution < -0.4 is 0 Å². The number of hydrogen-bond donors (Lipinski definition) is 0. The first-order chi connectivity index (χ1) is 7.86. The molecule has 0 aromatic heterocycles. The normalized spacial score (nSPS) is 37.2. The van der Waals surface area contributed by atoms with E-state index >= 15 is 0 Å². The molecule has 4 heteroatoms. The monoisotopic (exact) mass is 226 g/mol. The van der Waals surface area contributed by atoms with Gasteiger partial charge in [0.15, 0.2) is 0 Å². The second kappa shape index (κ2) is 5.59. The number of hydrogen-bond acceptors (Lipinski definition) is 4. The van der Waals surface area contributed by atoms with Crippen molar-refractivity contribution in [2.45, 2.75) is 24.4 Å². The number of ether oxygens (including phenoxy) is 4. The molecule has 2 fully saturated rings. The minimum absolute atomic E-state index is 0.000307. The fourth-order valence-corrected chi connectivity index (χ4v) is 2.10. The standard InChI is InChI=1S/C12H18O4/c1-3-5-13-9-7-15-12-10(14-6-4-2)8-16-11(9)12/h3-4,9-12H,1-2,5-8H2. The Kier molecular flexibility index (Phi) is 4.12. The third-order valence-electron chi connectivity index (χ3n) is 2.82. The predicted molar refractivity (Wildman–Crippen MR) is 59.4 cm³/mol. The highest BCUT2D eigenvalue weighted by molar-refractivity contribution is 4.96. The first-order valence-corrected chi connectivity index (χ1v) is 5.55. The van der Waals surface area contributed by atoms with E-state index in [1.54, 1.807) is 12.2 Å². The first-order valence-electron chi connectivity index (χ1n) is 5.55. The Labute approximate surface area is 95.8 Å². The Hall–Kier alpha value is -0.680. The van der Waals surface area contributed by atoms with Crippen LogP contribution in [-0.2, 0) is 18.9 Å². The van der Waals surface area contributed by atoms with E-state index in [9.17, 15) is 0 Å². The number of rotatable bonds is 6. The fourth-order valence-electron chi connectivity index (χ4n) is 2.10. The molecule has 0 aliphatic carbocycles. The van der Waals surface area contributed by atoms with Crippen LogP contribution >= 0.6 is 0 Å². The molecule has 0 radical (unpaired) electrons. The lowest BCUT2D eigenvalue weighted by atomic mass is 10.1. The zero-order valence-electron chi connectivity index (χ0n) is 9.34. The minimum atomic E-state index is -0.00485. The molecule has 2 aliphatic heterocycles. The molecule has 0 aromatic carbocycles. The average Bonchev–Trinajstić information content (AvgIpc) is 2.86. The van der Waals surface area contributed by atoms with Crippen molar-refractivity contribution in [2.75, 3.05) is 26.4 Å². The largest absolute Gasteiger partial charge is 0.370 e. The molecule has 0 aromatic rings. The van der Waals surface area contributed by atoms with Crippen molar-refractivity contribution in [3.05, 3.63) is 25.3 Å². The molecule has 0 spiro atoms. The van der Waals surface area contributed by atoms with Crippen molar-refractivity contribution in [1.29, 1.82) is 0 Å². The van der Waals surface area contributed by atoms with Crippen molar-refractivity contribution < 1.29 is 18.9 Å². The van der Waals surface area contributed by atoms with E-state index in [-0.39, 0.29) is 24.4 Å². The third kappa shape index (κ3) is 2.35. The molecule has 0 saturated carbocycles. The molecule has 90 valence electrons. The van der Waals surface area contributed by atoms with Gasteiger partial charge in [0.25, 0.3) is 0 Å². The molecule has 2 aliphatic rings. The van der Waals surface area contributed by atoms with Crippen molar-refractivity contribution >= 4 is 0 Å². The Bertz CT molecular complexity index is 227. The van der Waals surface area contributed by atoms with Gasteiger partial charge in [-0.1, -0.05) is 12.2 Å². The van der Waals surface area contributed by atoms with Crippen molar-refractivity contribution in [3.63, 3.8) is 0 Å². The summed E-state index contributed by atoms with van der Waals surface area (Å²) in [5.41, 5.74) is 0. The van der Waals surface area contributed by atoms with Crippen LogP contribution in [0.5, 0.6) is 0 Å². The van der Waals surface area contributed by atoms with Gasteiger partial charge in [-0.05, 0) is 0 Å². The van der Waals surface area contributed by atoms with Crippen LogP contribution in [0, 0.1) is 0 Å². The maximum absolute atomic E-state index is 5.65. The lowest BCUT2D eigenvalue weighted by Gasteiger charge is -2.16. The zero-order valence-corrected chi connectivity index (χ0v) is 9.34.